The highest BCUT2D eigenvalue weighted by atomic mass is 16.2. The first-order valence-corrected chi connectivity index (χ1v) is 12.0. The number of anilines is 1. The number of hydrogen-bond acceptors (Lipinski definition) is 5. The molecule has 2 heterocycles. The van der Waals surface area contributed by atoms with Gasteiger partial charge in [0.15, 0.2) is 0 Å². The number of H-pyrrole nitrogens is 2. The second-order valence-corrected chi connectivity index (χ2v) is 9.34. The highest BCUT2D eigenvalue weighted by molar-refractivity contribution is 6.07. The number of benzene rings is 2. The number of para-hydroxylation sites is 1. The van der Waals surface area contributed by atoms with Crippen molar-refractivity contribution in [2.75, 3.05) is 18.4 Å². The standard InChI is InChI=1S/C26H31N7O2/c27-17-12-18(28)14-20(13-17)29-7-8-30-25(34)23-11-16-9-19(5-6-22(16)33-23)31-26(35)24-10-15-3-1-2-4-21(15)32-24/h1-6,9-11,17-18,20,29,32-33H,7-8,12-14,27-28H2,(H,30,34)(H,31,35)/t17-,18+,20?. The van der Waals surface area contributed by atoms with Gasteiger partial charge in [0.1, 0.15) is 11.4 Å². The Hall–Kier alpha value is -3.66. The molecule has 4 aromatic rings. The van der Waals surface area contributed by atoms with E-state index in [0.29, 0.717) is 30.2 Å². The molecule has 1 unspecified atom stereocenters. The molecule has 3 atom stereocenters. The maximum absolute atomic E-state index is 12.7. The van der Waals surface area contributed by atoms with Crippen LogP contribution in [0.4, 0.5) is 5.69 Å². The van der Waals surface area contributed by atoms with E-state index in [-0.39, 0.29) is 29.9 Å². The monoisotopic (exact) mass is 473 g/mol. The van der Waals surface area contributed by atoms with Gasteiger partial charge in [0, 0.05) is 58.7 Å². The van der Waals surface area contributed by atoms with Crippen LogP contribution in [0.3, 0.4) is 0 Å². The quantitative estimate of drug-likeness (QED) is 0.205. The van der Waals surface area contributed by atoms with Crippen LogP contribution < -0.4 is 27.4 Å². The molecule has 9 nitrogen and oxygen atoms in total. The second-order valence-electron chi connectivity index (χ2n) is 9.34. The lowest BCUT2D eigenvalue weighted by Crippen LogP contribution is -2.48. The van der Waals surface area contributed by atoms with Crippen LogP contribution in [0.1, 0.15) is 40.2 Å². The predicted octanol–water partition coefficient (Wildman–Crippen LogP) is 2.43. The van der Waals surface area contributed by atoms with Crippen molar-refractivity contribution >= 4 is 39.3 Å². The molecule has 2 amide bonds. The van der Waals surface area contributed by atoms with E-state index in [9.17, 15) is 9.59 Å². The van der Waals surface area contributed by atoms with Crippen LogP contribution in [0, 0.1) is 0 Å². The number of aromatic amines is 2. The lowest BCUT2D eigenvalue weighted by molar-refractivity contribution is 0.0948. The predicted molar refractivity (Wildman–Crippen MR) is 138 cm³/mol. The topological polar surface area (TPSA) is 154 Å². The maximum Gasteiger partial charge on any atom is 0.272 e. The summed E-state index contributed by atoms with van der Waals surface area (Å²) in [6, 6.07) is 17.4. The summed E-state index contributed by atoms with van der Waals surface area (Å²) in [4.78, 5) is 31.6. The molecule has 1 fully saturated rings. The Labute approximate surface area is 203 Å². The van der Waals surface area contributed by atoms with Crippen molar-refractivity contribution in [1.29, 1.82) is 0 Å². The van der Waals surface area contributed by atoms with Crippen molar-refractivity contribution in [2.24, 2.45) is 11.5 Å². The van der Waals surface area contributed by atoms with Crippen molar-refractivity contribution < 1.29 is 9.59 Å². The van der Waals surface area contributed by atoms with Gasteiger partial charge < -0.3 is 37.4 Å². The highest BCUT2D eigenvalue weighted by Crippen LogP contribution is 2.22. The average molecular weight is 474 g/mol. The molecule has 5 rings (SSSR count). The molecule has 1 saturated carbocycles. The Morgan fingerprint density at radius 2 is 1.49 bits per heavy atom. The van der Waals surface area contributed by atoms with Crippen LogP contribution in [-0.2, 0) is 0 Å². The Balaban J connectivity index is 1.16. The Morgan fingerprint density at radius 3 is 2.26 bits per heavy atom. The molecule has 2 aromatic heterocycles. The van der Waals surface area contributed by atoms with Gasteiger partial charge in [-0.2, -0.15) is 0 Å². The van der Waals surface area contributed by atoms with E-state index in [1.807, 2.05) is 48.5 Å². The molecule has 2 aromatic carbocycles. The fourth-order valence-electron chi connectivity index (χ4n) is 4.85. The van der Waals surface area contributed by atoms with Crippen molar-refractivity contribution in [3.63, 3.8) is 0 Å². The third-order valence-corrected chi connectivity index (χ3v) is 6.52. The molecular weight excluding hydrogens is 442 g/mol. The van der Waals surface area contributed by atoms with E-state index in [4.69, 9.17) is 11.5 Å². The number of fused-ring (bicyclic) bond motifs is 2. The van der Waals surface area contributed by atoms with Crippen LogP contribution in [0.25, 0.3) is 21.8 Å². The lowest BCUT2D eigenvalue weighted by Gasteiger charge is -2.31. The summed E-state index contributed by atoms with van der Waals surface area (Å²) in [5, 5.41) is 11.1. The third-order valence-electron chi connectivity index (χ3n) is 6.52. The SMILES string of the molecule is N[C@@H]1CC(NCCNC(=O)c2cc3cc(NC(=O)c4cc5ccccc5[nH]4)ccc3[nH]2)C[C@H](N)C1. The zero-order valence-corrected chi connectivity index (χ0v) is 19.4. The summed E-state index contributed by atoms with van der Waals surface area (Å²) in [6.45, 7) is 1.15. The number of rotatable bonds is 7. The summed E-state index contributed by atoms with van der Waals surface area (Å²) in [7, 11) is 0. The van der Waals surface area contributed by atoms with Gasteiger partial charge in [0.05, 0.1) is 0 Å². The van der Waals surface area contributed by atoms with E-state index in [2.05, 4.69) is 25.9 Å². The number of carbonyl (C=O) groups is 2. The highest BCUT2D eigenvalue weighted by Gasteiger charge is 2.24. The molecule has 0 radical (unpaired) electrons. The second kappa shape index (κ2) is 9.91. The largest absolute Gasteiger partial charge is 0.351 e. The van der Waals surface area contributed by atoms with Gasteiger partial charge in [-0.05, 0) is 55.7 Å². The molecule has 35 heavy (non-hydrogen) atoms. The first-order chi connectivity index (χ1) is 16.9. The van der Waals surface area contributed by atoms with E-state index < -0.39 is 0 Å². The number of nitrogens with two attached hydrogens (primary N) is 2. The minimum Gasteiger partial charge on any atom is -0.351 e. The van der Waals surface area contributed by atoms with E-state index >= 15 is 0 Å². The Morgan fingerprint density at radius 1 is 0.800 bits per heavy atom. The van der Waals surface area contributed by atoms with Crippen LogP contribution in [0.2, 0.25) is 0 Å². The van der Waals surface area contributed by atoms with Crippen molar-refractivity contribution in [3.8, 4) is 0 Å². The van der Waals surface area contributed by atoms with Gasteiger partial charge >= 0.3 is 0 Å². The normalized spacial score (nSPS) is 20.2. The van der Waals surface area contributed by atoms with Gasteiger partial charge in [-0.1, -0.05) is 18.2 Å². The molecule has 1 aliphatic carbocycles. The molecular formula is C26H31N7O2. The lowest BCUT2D eigenvalue weighted by atomic mass is 9.88. The first kappa shape index (κ1) is 23.1. The third kappa shape index (κ3) is 5.37. The molecule has 182 valence electrons. The van der Waals surface area contributed by atoms with Gasteiger partial charge in [-0.15, -0.1) is 0 Å². The zero-order valence-electron chi connectivity index (χ0n) is 19.4. The van der Waals surface area contributed by atoms with Crippen LogP contribution >= 0.6 is 0 Å². The molecule has 9 N–H and O–H groups in total. The van der Waals surface area contributed by atoms with Crippen LogP contribution in [0.15, 0.2) is 54.6 Å². The van der Waals surface area contributed by atoms with Crippen LogP contribution in [-0.4, -0.2) is 53.0 Å². The van der Waals surface area contributed by atoms with E-state index in [0.717, 1.165) is 41.1 Å². The maximum atomic E-state index is 12.7. The van der Waals surface area contributed by atoms with Crippen molar-refractivity contribution in [2.45, 2.75) is 37.4 Å². The smallest absolute Gasteiger partial charge is 0.272 e. The Bertz CT molecular complexity index is 1320. The fraction of sp³-hybridized carbons (Fsp3) is 0.308. The average Bonchev–Trinajstić information content (AvgIpc) is 3.45. The number of nitrogens with one attached hydrogen (secondary N) is 5. The summed E-state index contributed by atoms with van der Waals surface area (Å²) >= 11 is 0. The van der Waals surface area contributed by atoms with Gasteiger partial charge in [0.2, 0.25) is 0 Å². The summed E-state index contributed by atoms with van der Waals surface area (Å²) in [5.74, 6) is -0.398. The Kier molecular flexibility index (Phi) is 6.54. The van der Waals surface area contributed by atoms with Gasteiger partial charge in [-0.25, -0.2) is 0 Å². The van der Waals surface area contributed by atoms with Gasteiger partial charge in [-0.3, -0.25) is 9.59 Å². The molecule has 0 aliphatic heterocycles. The number of carbonyl (C=O) groups excluding carboxylic acids is 2. The molecule has 0 bridgehead atoms. The number of aromatic nitrogens is 2. The number of hydrogen-bond donors (Lipinski definition) is 7. The first-order valence-electron chi connectivity index (χ1n) is 12.0. The minimum absolute atomic E-state index is 0.134. The zero-order chi connectivity index (χ0) is 24.4. The molecule has 0 saturated heterocycles. The fourth-order valence-corrected chi connectivity index (χ4v) is 4.85. The molecule has 1 aliphatic rings. The van der Waals surface area contributed by atoms with Crippen LogP contribution in [0.5, 0.6) is 0 Å². The summed E-state index contributed by atoms with van der Waals surface area (Å²) in [6.07, 6.45) is 2.68. The number of amides is 2. The molecule has 9 heteroatoms. The summed E-state index contributed by atoms with van der Waals surface area (Å²) < 4.78 is 0. The van der Waals surface area contributed by atoms with Crippen molar-refractivity contribution in [3.05, 3.63) is 66.0 Å². The van der Waals surface area contributed by atoms with Gasteiger partial charge in [0.25, 0.3) is 11.8 Å². The van der Waals surface area contributed by atoms with Crippen molar-refractivity contribution in [1.82, 2.24) is 20.6 Å². The van der Waals surface area contributed by atoms with E-state index in [1.54, 1.807) is 6.07 Å². The summed E-state index contributed by atoms with van der Waals surface area (Å²) in [5.41, 5.74) is 15.4. The van der Waals surface area contributed by atoms with E-state index in [1.165, 1.54) is 0 Å². The minimum atomic E-state index is -0.221. The molecule has 0 spiro atoms.